The van der Waals surface area contributed by atoms with E-state index < -0.39 is 0 Å². The zero-order chi connectivity index (χ0) is 9.52. The van der Waals surface area contributed by atoms with Crippen molar-refractivity contribution < 1.29 is 9.52 Å². The van der Waals surface area contributed by atoms with Crippen LogP contribution in [0.15, 0.2) is 22.8 Å². The van der Waals surface area contributed by atoms with Crippen molar-refractivity contribution >= 4 is 22.9 Å². The molecule has 0 aliphatic heterocycles. The molecule has 1 rings (SSSR count). The summed E-state index contributed by atoms with van der Waals surface area (Å²) in [7, 11) is 0. The summed E-state index contributed by atoms with van der Waals surface area (Å²) < 4.78 is 7.95. The molecule has 74 valence electrons. The van der Waals surface area contributed by atoms with Crippen molar-refractivity contribution in [2.24, 2.45) is 0 Å². The standard InChI is InChI=1S/C9H14INO2/c10-11-9(12)6-2-1-4-8-5-3-7-13-8/h3,5,7,9,11-12H,1-2,4,6H2. The molecule has 2 N–H and O–H groups in total. The highest BCUT2D eigenvalue weighted by molar-refractivity contribution is 14.1. The van der Waals surface area contributed by atoms with Crippen LogP contribution in [0.1, 0.15) is 25.0 Å². The minimum Gasteiger partial charge on any atom is -0.469 e. The molecule has 0 radical (unpaired) electrons. The van der Waals surface area contributed by atoms with Gasteiger partial charge in [0.15, 0.2) is 0 Å². The van der Waals surface area contributed by atoms with E-state index in [1.54, 1.807) is 6.26 Å². The topological polar surface area (TPSA) is 45.4 Å². The third-order valence-electron chi connectivity index (χ3n) is 1.86. The van der Waals surface area contributed by atoms with Gasteiger partial charge >= 0.3 is 0 Å². The van der Waals surface area contributed by atoms with E-state index in [1.165, 1.54) is 0 Å². The minimum absolute atomic E-state index is 0.378. The maximum Gasteiger partial charge on any atom is 0.113 e. The number of hydrogen-bond acceptors (Lipinski definition) is 3. The highest BCUT2D eigenvalue weighted by atomic mass is 127. The van der Waals surface area contributed by atoms with E-state index >= 15 is 0 Å². The molecule has 0 spiro atoms. The molecule has 0 saturated heterocycles. The van der Waals surface area contributed by atoms with Gasteiger partial charge in [-0.25, -0.2) is 3.53 Å². The van der Waals surface area contributed by atoms with Crippen LogP contribution in [0.25, 0.3) is 0 Å². The van der Waals surface area contributed by atoms with Crippen LogP contribution >= 0.6 is 22.9 Å². The summed E-state index contributed by atoms with van der Waals surface area (Å²) >= 11 is 1.96. The molecule has 0 amide bonds. The first-order valence-corrected chi connectivity index (χ1v) is 5.47. The Morgan fingerprint density at radius 1 is 1.54 bits per heavy atom. The van der Waals surface area contributed by atoms with Crippen molar-refractivity contribution in [1.29, 1.82) is 0 Å². The zero-order valence-electron chi connectivity index (χ0n) is 7.37. The van der Waals surface area contributed by atoms with E-state index in [9.17, 15) is 5.11 Å². The summed E-state index contributed by atoms with van der Waals surface area (Å²) in [6, 6.07) is 3.88. The number of nitrogens with one attached hydrogen (secondary N) is 1. The van der Waals surface area contributed by atoms with Gasteiger partial charge in [0, 0.05) is 29.3 Å². The lowest BCUT2D eigenvalue weighted by atomic mass is 10.1. The van der Waals surface area contributed by atoms with Gasteiger partial charge in [-0.3, -0.25) is 0 Å². The fourth-order valence-electron chi connectivity index (χ4n) is 1.15. The van der Waals surface area contributed by atoms with Crippen molar-refractivity contribution in [3.63, 3.8) is 0 Å². The van der Waals surface area contributed by atoms with Gasteiger partial charge in [0.25, 0.3) is 0 Å². The molecule has 0 saturated carbocycles. The third-order valence-corrected chi connectivity index (χ3v) is 2.58. The molecule has 1 aromatic heterocycles. The Morgan fingerprint density at radius 2 is 2.38 bits per heavy atom. The lowest BCUT2D eigenvalue weighted by Gasteiger charge is -2.06. The molecule has 13 heavy (non-hydrogen) atoms. The van der Waals surface area contributed by atoms with Gasteiger partial charge in [0.05, 0.1) is 6.26 Å². The van der Waals surface area contributed by atoms with E-state index in [-0.39, 0.29) is 6.23 Å². The van der Waals surface area contributed by atoms with Crippen LogP contribution in [0, 0.1) is 0 Å². The molecule has 0 aliphatic rings. The number of hydrogen-bond donors (Lipinski definition) is 2. The molecule has 1 heterocycles. The molecule has 1 atom stereocenters. The summed E-state index contributed by atoms with van der Waals surface area (Å²) in [6.07, 6.45) is 5.14. The Balaban J connectivity index is 2.02. The number of rotatable bonds is 6. The second-order valence-electron chi connectivity index (χ2n) is 2.95. The van der Waals surface area contributed by atoms with Crippen molar-refractivity contribution in [2.75, 3.05) is 0 Å². The van der Waals surface area contributed by atoms with Gasteiger partial charge in [0.2, 0.25) is 0 Å². The average Bonchev–Trinajstić information content (AvgIpc) is 2.64. The molecule has 1 aromatic rings. The summed E-state index contributed by atoms with van der Waals surface area (Å²) in [5.74, 6) is 1.02. The second kappa shape index (κ2) is 6.39. The van der Waals surface area contributed by atoms with Crippen molar-refractivity contribution in [3.8, 4) is 0 Å². The van der Waals surface area contributed by atoms with Crippen LogP contribution in [0.3, 0.4) is 0 Å². The first-order chi connectivity index (χ1) is 6.33. The second-order valence-corrected chi connectivity index (χ2v) is 3.57. The Morgan fingerprint density at radius 3 is 3.00 bits per heavy atom. The van der Waals surface area contributed by atoms with Crippen LogP contribution in [0.4, 0.5) is 0 Å². The number of unbranched alkanes of at least 4 members (excludes halogenated alkanes) is 1. The number of halogens is 1. The van der Waals surface area contributed by atoms with Gasteiger partial charge in [-0.1, -0.05) is 0 Å². The Hall–Kier alpha value is -0.0700. The van der Waals surface area contributed by atoms with E-state index in [1.807, 2.05) is 35.0 Å². The quantitative estimate of drug-likeness (QED) is 0.366. The van der Waals surface area contributed by atoms with Gasteiger partial charge in [-0.05, 0) is 31.4 Å². The normalized spacial score (nSPS) is 13.1. The predicted molar refractivity (Wildman–Crippen MR) is 59.4 cm³/mol. The van der Waals surface area contributed by atoms with Gasteiger partial charge in [-0.2, -0.15) is 0 Å². The lowest BCUT2D eigenvalue weighted by Crippen LogP contribution is -2.18. The summed E-state index contributed by atoms with van der Waals surface area (Å²) in [5, 5.41) is 9.17. The van der Waals surface area contributed by atoms with Crippen LogP contribution in [-0.4, -0.2) is 11.3 Å². The first kappa shape index (κ1) is 11.0. The molecule has 4 heteroatoms. The van der Waals surface area contributed by atoms with E-state index in [4.69, 9.17) is 4.42 Å². The average molecular weight is 295 g/mol. The molecular weight excluding hydrogens is 281 g/mol. The molecule has 3 nitrogen and oxygen atoms in total. The SMILES string of the molecule is OC(CCCCc1ccco1)NI. The maximum atomic E-state index is 9.17. The minimum atomic E-state index is -0.378. The molecular formula is C9H14INO2. The van der Waals surface area contributed by atoms with Crippen LogP contribution in [0.5, 0.6) is 0 Å². The van der Waals surface area contributed by atoms with E-state index in [2.05, 4.69) is 3.53 Å². The highest BCUT2D eigenvalue weighted by Gasteiger charge is 2.00. The maximum absolute atomic E-state index is 9.17. The molecule has 0 bridgehead atoms. The summed E-state index contributed by atoms with van der Waals surface area (Å²) in [5.41, 5.74) is 0. The number of aryl methyl sites for hydroxylation is 1. The number of aliphatic hydroxyl groups is 1. The van der Waals surface area contributed by atoms with Crippen LogP contribution in [-0.2, 0) is 6.42 Å². The smallest absolute Gasteiger partial charge is 0.113 e. The summed E-state index contributed by atoms with van der Waals surface area (Å²) in [4.78, 5) is 0. The van der Waals surface area contributed by atoms with Crippen LogP contribution in [0.2, 0.25) is 0 Å². The summed E-state index contributed by atoms with van der Waals surface area (Å²) in [6.45, 7) is 0. The lowest BCUT2D eigenvalue weighted by molar-refractivity contribution is 0.158. The predicted octanol–water partition coefficient (Wildman–Crippen LogP) is 2.25. The fourth-order valence-corrected chi connectivity index (χ4v) is 1.46. The monoisotopic (exact) mass is 295 g/mol. The Kier molecular flexibility index (Phi) is 5.41. The zero-order valence-corrected chi connectivity index (χ0v) is 9.53. The molecule has 0 fully saturated rings. The molecule has 0 aromatic carbocycles. The Bertz CT molecular complexity index is 213. The Labute approximate surface area is 92.0 Å². The number of furan rings is 1. The molecule has 1 unspecified atom stereocenters. The number of aliphatic hydroxyl groups excluding tert-OH is 1. The third kappa shape index (κ3) is 4.64. The van der Waals surface area contributed by atoms with E-state index in [0.29, 0.717) is 0 Å². The van der Waals surface area contributed by atoms with Crippen molar-refractivity contribution in [1.82, 2.24) is 3.53 Å². The van der Waals surface area contributed by atoms with Crippen LogP contribution < -0.4 is 3.53 Å². The van der Waals surface area contributed by atoms with Gasteiger partial charge < -0.3 is 9.52 Å². The van der Waals surface area contributed by atoms with E-state index in [0.717, 1.165) is 31.4 Å². The highest BCUT2D eigenvalue weighted by Crippen LogP contribution is 2.07. The van der Waals surface area contributed by atoms with Gasteiger partial charge in [0.1, 0.15) is 12.0 Å². The fraction of sp³-hybridized carbons (Fsp3) is 0.556. The van der Waals surface area contributed by atoms with Crippen molar-refractivity contribution in [3.05, 3.63) is 24.2 Å². The largest absolute Gasteiger partial charge is 0.469 e. The van der Waals surface area contributed by atoms with Crippen molar-refractivity contribution in [2.45, 2.75) is 31.9 Å². The first-order valence-electron chi connectivity index (χ1n) is 4.39. The van der Waals surface area contributed by atoms with Gasteiger partial charge in [-0.15, -0.1) is 0 Å². The molecule has 0 aliphatic carbocycles.